The number of hydrogen-bond donors (Lipinski definition) is 0. The molecule has 1 saturated carbocycles. The summed E-state index contributed by atoms with van der Waals surface area (Å²) in [5, 5.41) is 4.34. The van der Waals surface area contributed by atoms with Crippen molar-refractivity contribution in [3.8, 4) is 28.9 Å². The second-order valence-corrected chi connectivity index (χ2v) is 7.65. The molecule has 0 amide bonds. The van der Waals surface area contributed by atoms with Gasteiger partial charge in [-0.2, -0.15) is 19.0 Å². The monoisotopic (exact) mass is 475 g/mol. The van der Waals surface area contributed by atoms with Gasteiger partial charge < -0.3 is 14.2 Å². The van der Waals surface area contributed by atoms with Crippen LogP contribution in [0.1, 0.15) is 29.4 Å². The minimum absolute atomic E-state index is 0.0211. The highest BCUT2D eigenvalue weighted by atomic mass is 19.4. The number of aromatic nitrogens is 5. The fourth-order valence-electron chi connectivity index (χ4n) is 3.97. The summed E-state index contributed by atoms with van der Waals surface area (Å²) in [5.41, 5.74) is 2.75. The van der Waals surface area contributed by atoms with Crippen molar-refractivity contribution in [2.24, 2.45) is 0 Å². The highest BCUT2D eigenvalue weighted by Gasteiger charge is 2.42. The number of alkyl halides is 3. The van der Waals surface area contributed by atoms with Gasteiger partial charge in [-0.15, -0.1) is 13.2 Å². The van der Waals surface area contributed by atoms with Gasteiger partial charge in [0.2, 0.25) is 11.8 Å². The van der Waals surface area contributed by atoms with Crippen LogP contribution in [0, 0.1) is 5.95 Å². The number of hydrogen-bond acceptors (Lipinski definition) is 7. The molecule has 176 valence electrons. The largest absolute Gasteiger partial charge is 0.573 e. The summed E-state index contributed by atoms with van der Waals surface area (Å²) in [6.45, 7) is 0. The molecule has 0 unspecified atom stereocenters. The zero-order valence-corrected chi connectivity index (χ0v) is 17.9. The molecule has 0 saturated heterocycles. The number of ether oxygens (including phenoxy) is 3. The van der Waals surface area contributed by atoms with Gasteiger partial charge in [-0.05, 0) is 42.0 Å². The van der Waals surface area contributed by atoms with Gasteiger partial charge in [0.05, 0.1) is 31.7 Å². The maximum absolute atomic E-state index is 14.5. The van der Waals surface area contributed by atoms with Crippen molar-refractivity contribution >= 4 is 5.65 Å². The number of fused-ring (bicyclic) bond motifs is 1. The lowest BCUT2D eigenvalue weighted by atomic mass is 10.0. The van der Waals surface area contributed by atoms with Gasteiger partial charge in [-0.1, -0.05) is 12.1 Å². The fraction of sp³-hybridized carbons (Fsp3) is 0.273. The molecule has 2 atom stereocenters. The Balaban J connectivity index is 1.50. The smallest absolute Gasteiger partial charge is 0.480 e. The molecular weight excluding hydrogens is 458 g/mol. The Morgan fingerprint density at radius 1 is 1.00 bits per heavy atom. The normalized spacial score (nSPS) is 17.6. The third-order valence-electron chi connectivity index (χ3n) is 5.57. The zero-order chi connectivity index (χ0) is 24.0. The Labute approximate surface area is 190 Å². The first-order valence-corrected chi connectivity index (χ1v) is 10.1. The average molecular weight is 475 g/mol. The molecule has 0 radical (unpaired) electrons. The Morgan fingerprint density at radius 2 is 1.76 bits per heavy atom. The van der Waals surface area contributed by atoms with E-state index < -0.39 is 12.3 Å². The van der Waals surface area contributed by atoms with E-state index in [0.717, 1.165) is 21.8 Å². The SMILES string of the molecule is COc1ncc(-c2cc([C@H]3C[C@@H]3c3ccc(OC(F)(F)F)cc3)c3ncc(F)n3n2)c(OC)n1. The molecular formula is C22H17F4N5O3. The van der Waals surface area contributed by atoms with Crippen LogP contribution in [0.4, 0.5) is 17.6 Å². The van der Waals surface area contributed by atoms with Crippen LogP contribution in [0.5, 0.6) is 17.6 Å². The van der Waals surface area contributed by atoms with Crippen LogP contribution >= 0.6 is 0 Å². The number of rotatable bonds is 6. The van der Waals surface area contributed by atoms with Crippen molar-refractivity contribution in [2.45, 2.75) is 24.6 Å². The third kappa shape index (κ3) is 4.06. The van der Waals surface area contributed by atoms with Crippen molar-refractivity contribution < 1.29 is 31.8 Å². The predicted molar refractivity (Wildman–Crippen MR) is 110 cm³/mol. The number of nitrogens with zero attached hydrogens (tertiary/aromatic N) is 5. The maximum atomic E-state index is 14.5. The van der Waals surface area contributed by atoms with Gasteiger partial charge in [0.1, 0.15) is 5.75 Å². The van der Waals surface area contributed by atoms with E-state index in [1.165, 1.54) is 32.5 Å². The Kier molecular flexibility index (Phi) is 5.22. The highest BCUT2D eigenvalue weighted by molar-refractivity contribution is 5.68. The van der Waals surface area contributed by atoms with Gasteiger partial charge in [-0.25, -0.2) is 9.97 Å². The van der Waals surface area contributed by atoms with E-state index >= 15 is 0 Å². The first-order chi connectivity index (χ1) is 16.3. The first-order valence-electron chi connectivity index (χ1n) is 10.1. The second kappa shape index (κ2) is 8.12. The second-order valence-electron chi connectivity index (χ2n) is 7.65. The summed E-state index contributed by atoms with van der Waals surface area (Å²) < 4.78 is 67.1. The molecule has 1 aromatic carbocycles. The van der Waals surface area contributed by atoms with E-state index in [-0.39, 0.29) is 29.5 Å². The summed E-state index contributed by atoms with van der Waals surface area (Å²) in [7, 11) is 2.86. The fourth-order valence-corrected chi connectivity index (χ4v) is 3.97. The summed E-state index contributed by atoms with van der Waals surface area (Å²) in [5.74, 6) is -0.738. The third-order valence-corrected chi connectivity index (χ3v) is 5.57. The summed E-state index contributed by atoms with van der Waals surface area (Å²) >= 11 is 0. The van der Waals surface area contributed by atoms with E-state index in [2.05, 4.69) is 24.8 Å². The van der Waals surface area contributed by atoms with Gasteiger partial charge in [0.25, 0.3) is 0 Å². The van der Waals surface area contributed by atoms with E-state index in [4.69, 9.17) is 9.47 Å². The van der Waals surface area contributed by atoms with Crippen molar-refractivity contribution in [2.75, 3.05) is 14.2 Å². The van der Waals surface area contributed by atoms with E-state index in [9.17, 15) is 17.6 Å². The van der Waals surface area contributed by atoms with E-state index in [0.29, 0.717) is 23.3 Å². The highest BCUT2D eigenvalue weighted by Crippen LogP contribution is 2.56. The molecule has 1 aliphatic rings. The molecule has 0 spiro atoms. The molecule has 3 heterocycles. The first kappa shape index (κ1) is 21.9. The molecule has 5 rings (SSSR count). The van der Waals surface area contributed by atoms with Crippen molar-refractivity contribution in [1.82, 2.24) is 24.6 Å². The van der Waals surface area contributed by atoms with E-state index in [1.54, 1.807) is 18.2 Å². The van der Waals surface area contributed by atoms with Crippen LogP contribution in [-0.4, -0.2) is 45.1 Å². The number of imidazole rings is 1. The summed E-state index contributed by atoms with van der Waals surface area (Å²) in [4.78, 5) is 12.4. The predicted octanol–water partition coefficient (Wildman–Crippen LogP) is 4.51. The average Bonchev–Trinajstić information content (AvgIpc) is 3.53. The van der Waals surface area contributed by atoms with Gasteiger partial charge >= 0.3 is 12.4 Å². The molecule has 12 heteroatoms. The van der Waals surface area contributed by atoms with Crippen LogP contribution in [0.2, 0.25) is 0 Å². The number of methoxy groups -OCH3 is 2. The Hall–Kier alpha value is -3.96. The van der Waals surface area contributed by atoms with Crippen LogP contribution in [0.25, 0.3) is 16.9 Å². The minimum Gasteiger partial charge on any atom is -0.480 e. The lowest BCUT2D eigenvalue weighted by Crippen LogP contribution is -2.17. The van der Waals surface area contributed by atoms with Crippen LogP contribution in [-0.2, 0) is 0 Å². The van der Waals surface area contributed by atoms with E-state index in [1.807, 2.05) is 0 Å². The van der Waals surface area contributed by atoms with Crippen LogP contribution in [0.15, 0.2) is 42.7 Å². The summed E-state index contributed by atoms with van der Waals surface area (Å²) in [6.07, 6.45) is -1.48. The number of benzene rings is 1. The maximum Gasteiger partial charge on any atom is 0.573 e. The molecule has 1 fully saturated rings. The molecule has 34 heavy (non-hydrogen) atoms. The zero-order valence-electron chi connectivity index (χ0n) is 17.9. The van der Waals surface area contributed by atoms with Gasteiger partial charge in [0.15, 0.2) is 5.65 Å². The van der Waals surface area contributed by atoms with Gasteiger partial charge in [0, 0.05) is 11.8 Å². The Morgan fingerprint density at radius 3 is 2.44 bits per heavy atom. The standard InChI is InChI=1S/C22H17F4N5O3/c1-32-20-16(9-28-21(29-20)33-2)17-8-15(19-27-10-18(23)31(19)30-17)14-7-13(14)11-3-5-12(6-4-11)34-22(24,25)26/h3-6,8-10,13-14H,7H2,1-2H3/t13-,14+/m1/s1. The lowest BCUT2D eigenvalue weighted by Gasteiger charge is -2.11. The molecule has 4 aromatic rings. The topological polar surface area (TPSA) is 83.7 Å². The van der Waals surface area contributed by atoms with Crippen molar-refractivity contribution in [3.05, 3.63) is 59.8 Å². The number of halogens is 4. The molecule has 0 bridgehead atoms. The minimum atomic E-state index is -4.75. The van der Waals surface area contributed by atoms with Gasteiger partial charge in [-0.3, -0.25) is 0 Å². The molecule has 3 aromatic heterocycles. The molecule has 0 N–H and O–H groups in total. The molecule has 0 aliphatic heterocycles. The molecule has 1 aliphatic carbocycles. The van der Waals surface area contributed by atoms with Crippen LogP contribution < -0.4 is 14.2 Å². The van der Waals surface area contributed by atoms with Crippen molar-refractivity contribution in [1.29, 1.82) is 0 Å². The van der Waals surface area contributed by atoms with Crippen molar-refractivity contribution in [3.63, 3.8) is 0 Å². The lowest BCUT2D eigenvalue weighted by molar-refractivity contribution is -0.274. The quantitative estimate of drug-likeness (QED) is 0.380. The molecule has 8 nitrogen and oxygen atoms in total. The summed E-state index contributed by atoms with van der Waals surface area (Å²) in [6, 6.07) is 7.63. The Bertz CT molecular complexity index is 1360. The van der Waals surface area contributed by atoms with Crippen LogP contribution in [0.3, 0.4) is 0 Å².